The zero-order chi connectivity index (χ0) is 8.81. The second-order valence-corrected chi connectivity index (χ2v) is 2.64. The van der Waals surface area contributed by atoms with Gasteiger partial charge in [-0.3, -0.25) is 0 Å². The van der Waals surface area contributed by atoms with Crippen molar-refractivity contribution >= 4 is 0 Å². The van der Waals surface area contributed by atoms with Crippen LogP contribution in [0.15, 0.2) is 30.3 Å². The van der Waals surface area contributed by atoms with Gasteiger partial charge in [-0.15, -0.1) is 0 Å². The fraction of sp³-hybridized carbons (Fsp3) is 0.400. The average Bonchev–Trinajstić information content (AvgIpc) is 2.15. The third-order valence-electron chi connectivity index (χ3n) is 1.82. The van der Waals surface area contributed by atoms with Gasteiger partial charge in [-0.25, -0.2) is 0 Å². The molecule has 0 aromatic heterocycles. The summed E-state index contributed by atoms with van der Waals surface area (Å²) in [5, 5.41) is 4.22. The minimum Gasteiger partial charge on any atom is -0.657 e. The standard InChI is InChI=1S/C10H14NO.Li/c1-11-10(8-12-2)9-6-4-3-5-7-9;/h3-7,10H,8H2,1-2H3;/q-1;+1/t10-;/m0./s1. The van der Waals surface area contributed by atoms with Gasteiger partial charge in [0.05, 0.1) is 0 Å². The van der Waals surface area contributed by atoms with Crippen LogP contribution in [-0.2, 0) is 4.74 Å². The first kappa shape index (κ1) is 12.7. The molecular weight excluding hydrogens is 157 g/mol. The van der Waals surface area contributed by atoms with Gasteiger partial charge in [-0.2, -0.15) is 7.05 Å². The van der Waals surface area contributed by atoms with Crippen LogP contribution in [0, 0.1) is 0 Å². The van der Waals surface area contributed by atoms with Crippen LogP contribution in [-0.4, -0.2) is 20.8 Å². The van der Waals surface area contributed by atoms with Crippen molar-refractivity contribution in [3.8, 4) is 0 Å². The zero-order valence-electron chi connectivity index (χ0n) is 8.53. The third-order valence-corrected chi connectivity index (χ3v) is 1.82. The first-order valence-corrected chi connectivity index (χ1v) is 4.01. The van der Waals surface area contributed by atoms with E-state index in [9.17, 15) is 0 Å². The Hall–Kier alpha value is -0.263. The summed E-state index contributed by atoms with van der Waals surface area (Å²) >= 11 is 0. The average molecular weight is 171 g/mol. The van der Waals surface area contributed by atoms with E-state index in [2.05, 4.69) is 17.4 Å². The van der Waals surface area contributed by atoms with Crippen LogP contribution in [0.3, 0.4) is 0 Å². The first-order chi connectivity index (χ1) is 5.88. The van der Waals surface area contributed by atoms with Gasteiger partial charge in [0.2, 0.25) is 0 Å². The van der Waals surface area contributed by atoms with Crippen molar-refractivity contribution in [2.45, 2.75) is 6.04 Å². The molecule has 0 saturated carbocycles. The van der Waals surface area contributed by atoms with Crippen molar-refractivity contribution < 1.29 is 23.6 Å². The maximum absolute atomic E-state index is 5.06. The van der Waals surface area contributed by atoms with Crippen LogP contribution in [0.4, 0.5) is 0 Å². The number of benzene rings is 1. The SMILES string of the molecule is C[N-][C@@H](COC)c1ccccc1.[Li+]. The number of rotatable bonds is 4. The third kappa shape index (κ3) is 3.97. The van der Waals surface area contributed by atoms with E-state index in [0.717, 1.165) is 0 Å². The van der Waals surface area contributed by atoms with Crippen molar-refractivity contribution in [2.75, 3.05) is 20.8 Å². The van der Waals surface area contributed by atoms with Crippen LogP contribution >= 0.6 is 0 Å². The van der Waals surface area contributed by atoms with E-state index in [-0.39, 0.29) is 24.9 Å². The van der Waals surface area contributed by atoms with Crippen molar-refractivity contribution in [3.05, 3.63) is 41.2 Å². The largest absolute Gasteiger partial charge is 1.00 e. The van der Waals surface area contributed by atoms with E-state index in [4.69, 9.17) is 4.74 Å². The molecule has 0 amide bonds. The Labute approximate surface area is 91.9 Å². The van der Waals surface area contributed by atoms with E-state index in [0.29, 0.717) is 6.61 Å². The predicted molar refractivity (Wildman–Crippen MR) is 50.3 cm³/mol. The summed E-state index contributed by atoms with van der Waals surface area (Å²) in [6.07, 6.45) is 0. The summed E-state index contributed by atoms with van der Waals surface area (Å²) in [4.78, 5) is 0. The summed E-state index contributed by atoms with van der Waals surface area (Å²) in [5.41, 5.74) is 1.21. The number of likely N-dealkylation sites (N-methyl/N-ethyl adjacent to an activating group) is 1. The number of ether oxygens (including phenoxy) is 1. The minimum atomic E-state index is 0. The van der Waals surface area contributed by atoms with Gasteiger partial charge < -0.3 is 10.1 Å². The molecule has 0 aliphatic carbocycles. The van der Waals surface area contributed by atoms with E-state index in [1.807, 2.05) is 25.2 Å². The fourth-order valence-electron chi connectivity index (χ4n) is 1.15. The molecule has 1 aromatic carbocycles. The molecule has 0 aliphatic heterocycles. The molecule has 0 aliphatic rings. The van der Waals surface area contributed by atoms with Crippen molar-refractivity contribution in [1.29, 1.82) is 0 Å². The normalized spacial score (nSPS) is 11.8. The summed E-state index contributed by atoms with van der Waals surface area (Å²) in [6, 6.07) is 10.3. The molecule has 0 fully saturated rings. The Bertz CT molecular complexity index is 215. The smallest absolute Gasteiger partial charge is 0.657 e. The second kappa shape index (κ2) is 7.17. The molecule has 1 rings (SSSR count). The van der Waals surface area contributed by atoms with Gasteiger partial charge in [0.25, 0.3) is 0 Å². The molecule has 2 nitrogen and oxygen atoms in total. The van der Waals surface area contributed by atoms with Crippen LogP contribution in [0.2, 0.25) is 0 Å². The first-order valence-electron chi connectivity index (χ1n) is 4.01. The predicted octanol–water partition coefficient (Wildman–Crippen LogP) is -0.618. The fourth-order valence-corrected chi connectivity index (χ4v) is 1.15. The Balaban J connectivity index is 0.00000144. The quantitative estimate of drug-likeness (QED) is 0.554. The maximum Gasteiger partial charge on any atom is 1.00 e. The Morgan fingerprint density at radius 1 is 1.31 bits per heavy atom. The Kier molecular flexibility index (Phi) is 7.03. The van der Waals surface area contributed by atoms with E-state index in [1.165, 1.54) is 5.56 Å². The van der Waals surface area contributed by atoms with Crippen molar-refractivity contribution in [3.63, 3.8) is 0 Å². The summed E-state index contributed by atoms with van der Waals surface area (Å²) in [6.45, 7) is 0.653. The van der Waals surface area contributed by atoms with Gasteiger partial charge in [0.1, 0.15) is 0 Å². The Morgan fingerprint density at radius 2 is 1.92 bits per heavy atom. The van der Waals surface area contributed by atoms with Gasteiger partial charge in [-0.05, 0) is 0 Å². The topological polar surface area (TPSA) is 23.3 Å². The molecule has 0 unspecified atom stereocenters. The van der Waals surface area contributed by atoms with Crippen LogP contribution < -0.4 is 18.9 Å². The number of nitrogens with zero attached hydrogens (tertiary/aromatic N) is 1. The molecule has 1 atom stereocenters. The van der Waals surface area contributed by atoms with Gasteiger partial charge >= 0.3 is 18.9 Å². The number of hydrogen-bond donors (Lipinski definition) is 0. The molecule has 0 bridgehead atoms. The minimum absolute atomic E-state index is 0. The van der Waals surface area contributed by atoms with Crippen LogP contribution in [0.25, 0.3) is 5.32 Å². The van der Waals surface area contributed by atoms with Crippen molar-refractivity contribution in [1.82, 2.24) is 0 Å². The van der Waals surface area contributed by atoms with Crippen molar-refractivity contribution in [2.24, 2.45) is 0 Å². The summed E-state index contributed by atoms with van der Waals surface area (Å²) < 4.78 is 5.06. The molecule has 66 valence electrons. The van der Waals surface area contributed by atoms with Crippen LogP contribution in [0.5, 0.6) is 0 Å². The number of methoxy groups -OCH3 is 1. The Morgan fingerprint density at radius 3 is 2.38 bits per heavy atom. The van der Waals surface area contributed by atoms with Gasteiger partial charge in [0, 0.05) is 13.7 Å². The molecular formula is C10H14LiNO. The van der Waals surface area contributed by atoms with E-state index in [1.54, 1.807) is 7.11 Å². The van der Waals surface area contributed by atoms with Gasteiger partial charge in [0.15, 0.2) is 0 Å². The molecule has 0 radical (unpaired) electrons. The van der Waals surface area contributed by atoms with E-state index >= 15 is 0 Å². The zero-order valence-corrected chi connectivity index (χ0v) is 8.53. The second-order valence-electron chi connectivity index (χ2n) is 2.64. The molecule has 0 heterocycles. The van der Waals surface area contributed by atoms with Crippen LogP contribution in [0.1, 0.15) is 11.6 Å². The van der Waals surface area contributed by atoms with Gasteiger partial charge in [-0.1, -0.05) is 41.9 Å². The molecule has 1 aromatic rings. The molecule has 3 heteroatoms. The number of hydrogen-bond acceptors (Lipinski definition) is 1. The van der Waals surface area contributed by atoms with E-state index < -0.39 is 0 Å². The summed E-state index contributed by atoms with van der Waals surface area (Å²) in [7, 11) is 3.51. The molecule has 0 N–H and O–H groups in total. The molecule has 0 saturated heterocycles. The molecule has 13 heavy (non-hydrogen) atoms. The maximum atomic E-state index is 5.06. The summed E-state index contributed by atoms with van der Waals surface area (Å²) in [5.74, 6) is 0. The monoisotopic (exact) mass is 171 g/mol. The molecule has 0 spiro atoms.